The van der Waals surface area contributed by atoms with Gasteiger partial charge in [-0.1, -0.05) is 78.6 Å². The van der Waals surface area contributed by atoms with E-state index in [0.29, 0.717) is 37.4 Å². The van der Waals surface area contributed by atoms with E-state index < -0.39 is 42.0 Å². The van der Waals surface area contributed by atoms with Crippen molar-refractivity contribution in [1.82, 2.24) is 36.3 Å². The Bertz CT molecular complexity index is 1860. The first-order chi connectivity index (χ1) is 31.6. The molecule has 20 heteroatoms. The molecule has 0 bridgehead atoms. The predicted octanol–water partition coefficient (Wildman–Crippen LogP) is 6.44. The van der Waals surface area contributed by atoms with Crippen LogP contribution in [-0.2, 0) is 35.0 Å². The fourth-order valence-electron chi connectivity index (χ4n) is 7.84. The van der Waals surface area contributed by atoms with Gasteiger partial charge in [0.15, 0.2) is 0 Å². The Morgan fingerprint density at radius 2 is 1.73 bits per heavy atom. The Morgan fingerprint density at radius 1 is 0.985 bits per heavy atom. The zero-order valence-electron chi connectivity index (χ0n) is 40.1. The molecule has 1 aromatic heterocycles. The molecule has 0 aliphatic carbocycles. The van der Waals surface area contributed by atoms with Crippen molar-refractivity contribution >= 4 is 41.1 Å². The molecule has 66 heavy (non-hydrogen) atoms. The van der Waals surface area contributed by atoms with Crippen LogP contribution in [0.1, 0.15) is 127 Å². The number of hydrazine groups is 1. The number of aromatic hydroxyl groups is 1. The molecule has 19 nitrogen and oxygen atoms in total. The Labute approximate surface area is 394 Å². The molecule has 1 aliphatic heterocycles. The molecule has 2 aromatic rings. The molecule has 1 saturated heterocycles. The monoisotopic (exact) mass is 943 g/mol. The molecule has 5 N–H and O–H groups in total. The topological polar surface area (TPSA) is 250 Å². The number of azide groups is 1. The van der Waals surface area contributed by atoms with Crippen LogP contribution in [0.25, 0.3) is 10.4 Å². The number of hydrogen-bond acceptors (Lipinski definition) is 13. The molecule has 0 saturated carbocycles. The van der Waals surface area contributed by atoms with Crippen molar-refractivity contribution in [3.05, 3.63) is 56.4 Å². The number of carbonyl (C=O) groups is 5. The molecular formula is C46H74N10O9S. The van der Waals surface area contributed by atoms with Crippen LogP contribution >= 0.6 is 11.3 Å². The lowest BCUT2D eigenvalue weighted by Crippen LogP contribution is -2.58. The molecule has 7 atom stereocenters. The lowest BCUT2D eigenvalue weighted by molar-refractivity contribution is -0.143. The fourth-order valence-corrected chi connectivity index (χ4v) is 8.70. The van der Waals surface area contributed by atoms with Gasteiger partial charge in [-0.2, -0.15) is 0 Å². The lowest BCUT2D eigenvalue weighted by atomic mass is 9.92. The molecule has 1 aromatic carbocycles. The van der Waals surface area contributed by atoms with Crippen LogP contribution in [0.3, 0.4) is 0 Å². The number of phenolic OH excluding ortho intramolecular Hbond substituents is 1. The average molecular weight is 943 g/mol. The quantitative estimate of drug-likeness (QED) is 0.0204. The Kier molecular flexibility index (Phi) is 24.8. The summed E-state index contributed by atoms with van der Waals surface area (Å²) in [7, 11) is 1.96. The van der Waals surface area contributed by atoms with E-state index in [-0.39, 0.29) is 80.0 Å². The smallest absolute Gasteiger partial charge is 0.426 e. The van der Waals surface area contributed by atoms with Crippen LogP contribution in [0.2, 0.25) is 0 Å². The van der Waals surface area contributed by atoms with Gasteiger partial charge in [-0.05, 0) is 87.2 Å². The number of amides is 5. The van der Waals surface area contributed by atoms with E-state index in [4.69, 9.17) is 24.7 Å². The normalized spacial score (nSPS) is 16.7. The minimum Gasteiger partial charge on any atom is -0.508 e. The number of benzene rings is 1. The SMILES string of the molecule is CCCO[C@H](C[C@H](C(C)C)N(CCC)C(=O)[C@@H](NC(=O)[C@H]1CCCCN1C)[C@@H](C)CC)c1nc(C(=O)NC(Cc2ccc(O)cc2)C[C@H](C)C(=O)NNC(=O)OCCOCCN=[N+]=[N-])cs1. The van der Waals surface area contributed by atoms with Gasteiger partial charge >= 0.3 is 6.09 Å². The second kappa shape index (κ2) is 29.6. The van der Waals surface area contributed by atoms with Crippen LogP contribution in [0, 0.1) is 17.8 Å². The summed E-state index contributed by atoms with van der Waals surface area (Å²) in [6, 6.07) is 4.78. The molecule has 1 fully saturated rings. The zero-order valence-corrected chi connectivity index (χ0v) is 40.9. The van der Waals surface area contributed by atoms with Crippen molar-refractivity contribution < 1.29 is 43.3 Å². The number of likely N-dealkylation sites (tertiary alicyclic amines) is 1. The summed E-state index contributed by atoms with van der Waals surface area (Å²) >= 11 is 1.30. The van der Waals surface area contributed by atoms with E-state index in [2.05, 4.69) is 50.3 Å². The molecule has 5 amide bonds. The first kappa shape index (κ1) is 55.3. The maximum absolute atomic E-state index is 14.7. The summed E-state index contributed by atoms with van der Waals surface area (Å²) in [4.78, 5) is 79.1. The molecule has 368 valence electrons. The maximum atomic E-state index is 14.7. The average Bonchev–Trinajstić information content (AvgIpc) is 3.80. The van der Waals surface area contributed by atoms with E-state index >= 15 is 0 Å². The van der Waals surface area contributed by atoms with Gasteiger partial charge in [-0.3, -0.25) is 29.5 Å². The van der Waals surface area contributed by atoms with Gasteiger partial charge in [0, 0.05) is 54.4 Å². The van der Waals surface area contributed by atoms with Gasteiger partial charge in [0.25, 0.3) is 5.91 Å². The first-order valence-electron chi connectivity index (χ1n) is 23.4. The predicted molar refractivity (Wildman–Crippen MR) is 252 cm³/mol. The van der Waals surface area contributed by atoms with E-state index in [1.807, 2.05) is 39.6 Å². The number of hydrogen-bond donors (Lipinski definition) is 5. The van der Waals surface area contributed by atoms with Crippen LogP contribution < -0.4 is 21.5 Å². The molecule has 1 aliphatic rings. The summed E-state index contributed by atoms with van der Waals surface area (Å²) in [6.07, 6.45) is 4.47. The highest BCUT2D eigenvalue weighted by Gasteiger charge is 2.38. The van der Waals surface area contributed by atoms with E-state index in [1.54, 1.807) is 36.6 Å². The third kappa shape index (κ3) is 18.3. The van der Waals surface area contributed by atoms with Crippen molar-refractivity contribution in [3.63, 3.8) is 0 Å². The minimum absolute atomic E-state index is 0.0244. The summed E-state index contributed by atoms with van der Waals surface area (Å²) in [5, 5.41) is 21.7. The van der Waals surface area contributed by atoms with E-state index in [0.717, 1.165) is 44.2 Å². The largest absolute Gasteiger partial charge is 0.508 e. The number of ether oxygens (including phenoxy) is 3. The Morgan fingerprint density at radius 3 is 2.38 bits per heavy atom. The highest BCUT2D eigenvalue weighted by molar-refractivity contribution is 7.09. The number of nitrogens with one attached hydrogen (secondary N) is 4. The summed E-state index contributed by atoms with van der Waals surface area (Å²) in [6.45, 7) is 16.0. The summed E-state index contributed by atoms with van der Waals surface area (Å²) in [5.41, 5.74) is 13.9. The van der Waals surface area contributed by atoms with Crippen LogP contribution in [0.4, 0.5) is 4.79 Å². The van der Waals surface area contributed by atoms with Crippen molar-refractivity contribution in [2.45, 2.75) is 137 Å². The maximum Gasteiger partial charge on any atom is 0.426 e. The van der Waals surface area contributed by atoms with Crippen LogP contribution in [0.15, 0.2) is 34.8 Å². The second-order valence-corrected chi connectivity index (χ2v) is 18.3. The van der Waals surface area contributed by atoms with E-state index in [1.165, 1.54) is 11.3 Å². The van der Waals surface area contributed by atoms with Crippen molar-refractivity contribution in [1.29, 1.82) is 0 Å². The number of aromatic nitrogens is 1. The number of rotatable bonds is 28. The van der Waals surface area contributed by atoms with Gasteiger partial charge in [-0.15, -0.1) is 11.3 Å². The fraction of sp³-hybridized carbons (Fsp3) is 0.696. The molecule has 0 spiro atoms. The number of phenols is 1. The third-order valence-corrected chi connectivity index (χ3v) is 12.7. The highest BCUT2D eigenvalue weighted by Crippen LogP contribution is 2.32. The number of piperidine rings is 1. The van der Waals surface area contributed by atoms with Crippen molar-refractivity contribution in [3.8, 4) is 5.75 Å². The first-order valence-corrected chi connectivity index (χ1v) is 24.3. The van der Waals surface area contributed by atoms with Crippen molar-refractivity contribution in [2.24, 2.45) is 22.9 Å². The molecule has 2 heterocycles. The van der Waals surface area contributed by atoms with Gasteiger partial charge in [0.05, 0.1) is 19.3 Å². The van der Waals surface area contributed by atoms with Gasteiger partial charge < -0.3 is 34.9 Å². The standard InChI is InChI=1S/C46H74N10O9S/c1-9-20-56(45(61)40(31(6)11-3)51-43(60)37-14-12-13-21-55(37)8)38(30(4)5)28-39(64-22-10-2)44-50-36(29-66-44)42(59)49-34(27-33-15-17-35(57)18-16-33)26-32(7)41(58)52-53-46(62)65-25-24-63-23-19-48-54-47/h15-18,29-32,34,37-40,57H,9-14,19-28H2,1-8H3,(H,49,59)(H,51,60)(H,52,58)(H,53,62)/t31-,32-,34?,37+,38+,39+,40-/m0/s1. The van der Waals surface area contributed by atoms with E-state index in [9.17, 15) is 29.1 Å². The molecule has 3 rings (SSSR count). The summed E-state index contributed by atoms with van der Waals surface area (Å²) in [5.74, 6) is -1.84. The molecule has 0 radical (unpaired) electrons. The zero-order chi connectivity index (χ0) is 48.6. The van der Waals surface area contributed by atoms with Gasteiger partial charge in [0.2, 0.25) is 17.7 Å². The minimum atomic E-state index is -0.894. The number of thiazole rings is 1. The number of nitrogens with zero attached hydrogens (tertiary/aromatic N) is 6. The number of likely N-dealkylation sites (N-methyl/N-ethyl adjacent to an activating group) is 1. The molecular weight excluding hydrogens is 869 g/mol. The lowest BCUT2D eigenvalue weighted by Gasteiger charge is -2.40. The highest BCUT2D eigenvalue weighted by atomic mass is 32.1. The number of carbonyl (C=O) groups excluding carboxylic acids is 5. The van der Waals surface area contributed by atoms with Gasteiger partial charge in [0.1, 0.15) is 35.2 Å². The van der Waals surface area contributed by atoms with Gasteiger partial charge in [-0.25, -0.2) is 15.2 Å². The Balaban J connectivity index is 1.78. The van der Waals surface area contributed by atoms with Crippen LogP contribution in [-0.4, -0.2) is 127 Å². The van der Waals surface area contributed by atoms with Crippen molar-refractivity contribution in [2.75, 3.05) is 53.1 Å². The van der Waals surface area contributed by atoms with Crippen LogP contribution in [0.5, 0.6) is 5.75 Å². The second-order valence-electron chi connectivity index (χ2n) is 17.4. The Hall–Kier alpha value is -5.01. The third-order valence-electron chi connectivity index (χ3n) is 11.8. The molecule has 1 unspecified atom stereocenters. The summed E-state index contributed by atoms with van der Waals surface area (Å²) < 4.78 is 16.6.